The van der Waals surface area contributed by atoms with Gasteiger partial charge in [0.1, 0.15) is 5.82 Å². The molecule has 2 aromatic rings. The van der Waals surface area contributed by atoms with E-state index < -0.39 is 0 Å². The summed E-state index contributed by atoms with van der Waals surface area (Å²) in [6.45, 7) is 4.85. The molecular weight excluding hydrogens is 282 g/mol. The van der Waals surface area contributed by atoms with Gasteiger partial charge in [0, 0.05) is 17.6 Å². The summed E-state index contributed by atoms with van der Waals surface area (Å²) in [7, 11) is 0. The molecular formula is C16H21N3OS. The van der Waals surface area contributed by atoms with Crippen LogP contribution in [-0.2, 0) is 0 Å². The van der Waals surface area contributed by atoms with E-state index in [-0.39, 0.29) is 11.9 Å². The van der Waals surface area contributed by atoms with Gasteiger partial charge in [0.25, 0.3) is 5.91 Å². The first-order valence-electron chi connectivity index (χ1n) is 7.29. The minimum atomic E-state index is -0.0779. The predicted octanol–water partition coefficient (Wildman–Crippen LogP) is 3.85. The van der Waals surface area contributed by atoms with E-state index in [9.17, 15) is 4.79 Å². The van der Waals surface area contributed by atoms with E-state index in [1.165, 1.54) is 4.88 Å². The largest absolute Gasteiger partial charge is 0.370 e. The highest BCUT2D eigenvalue weighted by Gasteiger charge is 2.18. The van der Waals surface area contributed by atoms with Crippen LogP contribution in [0.1, 0.15) is 48.0 Å². The Labute approximate surface area is 129 Å². The molecule has 4 nitrogen and oxygen atoms in total. The zero-order valence-corrected chi connectivity index (χ0v) is 13.2. The number of aromatic nitrogens is 1. The number of pyridine rings is 1. The van der Waals surface area contributed by atoms with Crippen LogP contribution in [0.2, 0.25) is 0 Å². The van der Waals surface area contributed by atoms with Crippen LogP contribution in [0.3, 0.4) is 0 Å². The van der Waals surface area contributed by atoms with Gasteiger partial charge in [-0.2, -0.15) is 0 Å². The Morgan fingerprint density at radius 3 is 2.86 bits per heavy atom. The van der Waals surface area contributed by atoms with Crippen molar-refractivity contribution in [2.45, 2.75) is 32.7 Å². The van der Waals surface area contributed by atoms with Crippen LogP contribution in [-0.4, -0.2) is 17.4 Å². The molecule has 0 saturated heterocycles. The van der Waals surface area contributed by atoms with Crippen molar-refractivity contribution in [1.82, 2.24) is 10.3 Å². The van der Waals surface area contributed by atoms with Crippen molar-refractivity contribution in [3.63, 3.8) is 0 Å². The maximum Gasteiger partial charge on any atom is 0.255 e. The maximum atomic E-state index is 12.5. The number of thiophene rings is 1. The average molecular weight is 303 g/mol. The molecule has 2 heterocycles. The lowest BCUT2D eigenvalue weighted by atomic mass is 10.1. The molecule has 0 fully saturated rings. The fourth-order valence-corrected chi connectivity index (χ4v) is 3.01. The minimum Gasteiger partial charge on any atom is -0.370 e. The lowest BCUT2D eigenvalue weighted by Gasteiger charge is -2.18. The van der Waals surface area contributed by atoms with Gasteiger partial charge >= 0.3 is 0 Å². The molecule has 1 atom stereocenters. The van der Waals surface area contributed by atoms with E-state index in [1.807, 2.05) is 18.4 Å². The SMILES string of the molecule is CCCC(NC(=O)c1cccnc1NCC)c1cccs1. The Bertz CT molecular complexity index is 569. The fraction of sp³-hybridized carbons (Fsp3) is 0.375. The van der Waals surface area contributed by atoms with Gasteiger partial charge in [-0.05, 0) is 36.9 Å². The highest BCUT2D eigenvalue weighted by atomic mass is 32.1. The first-order chi connectivity index (χ1) is 10.3. The highest BCUT2D eigenvalue weighted by Crippen LogP contribution is 2.24. The number of hydrogen-bond donors (Lipinski definition) is 2. The van der Waals surface area contributed by atoms with Crippen LogP contribution in [0.25, 0.3) is 0 Å². The number of amides is 1. The summed E-state index contributed by atoms with van der Waals surface area (Å²) < 4.78 is 0. The Kier molecular flexibility index (Phi) is 5.75. The highest BCUT2D eigenvalue weighted by molar-refractivity contribution is 7.10. The predicted molar refractivity (Wildman–Crippen MR) is 87.8 cm³/mol. The lowest BCUT2D eigenvalue weighted by Crippen LogP contribution is -2.29. The lowest BCUT2D eigenvalue weighted by molar-refractivity contribution is 0.0935. The van der Waals surface area contributed by atoms with Crippen LogP contribution in [0.5, 0.6) is 0 Å². The molecule has 21 heavy (non-hydrogen) atoms. The smallest absolute Gasteiger partial charge is 0.255 e. The number of nitrogens with zero attached hydrogens (tertiary/aromatic N) is 1. The van der Waals surface area contributed by atoms with E-state index in [1.54, 1.807) is 29.7 Å². The molecule has 112 valence electrons. The summed E-state index contributed by atoms with van der Waals surface area (Å²) in [4.78, 5) is 18.0. The number of carbonyl (C=O) groups excluding carboxylic acids is 1. The van der Waals surface area contributed by atoms with E-state index in [4.69, 9.17) is 0 Å². The van der Waals surface area contributed by atoms with Gasteiger partial charge in [-0.3, -0.25) is 4.79 Å². The first kappa shape index (κ1) is 15.5. The Morgan fingerprint density at radius 2 is 2.19 bits per heavy atom. The number of anilines is 1. The molecule has 0 aromatic carbocycles. The van der Waals surface area contributed by atoms with Crippen molar-refractivity contribution in [1.29, 1.82) is 0 Å². The molecule has 0 aliphatic rings. The molecule has 2 aromatic heterocycles. The van der Waals surface area contributed by atoms with Gasteiger partial charge in [-0.15, -0.1) is 11.3 Å². The molecule has 1 amide bonds. The standard InChI is InChI=1S/C16H21N3OS/c1-3-7-13(14-9-6-11-21-14)19-16(20)12-8-5-10-18-15(12)17-4-2/h5-6,8-11,13H,3-4,7H2,1-2H3,(H,17,18)(H,19,20). The van der Waals surface area contributed by atoms with Crippen molar-refractivity contribution < 1.29 is 4.79 Å². The molecule has 2 N–H and O–H groups in total. The van der Waals surface area contributed by atoms with Crippen LogP contribution in [0.15, 0.2) is 35.8 Å². The van der Waals surface area contributed by atoms with Crippen molar-refractivity contribution in [2.75, 3.05) is 11.9 Å². The first-order valence-corrected chi connectivity index (χ1v) is 8.17. The van der Waals surface area contributed by atoms with E-state index in [0.29, 0.717) is 11.4 Å². The second-order valence-corrected chi connectivity index (χ2v) is 5.74. The average Bonchev–Trinajstić information content (AvgIpc) is 3.02. The van der Waals surface area contributed by atoms with Gasteiger partial charge in [0.05, 0.1) is 11.6 Å². The summed E-state index contributed by atoms with van der Waals surface area (Å²) in [5.74, 6) is 0.560. The molecule has 0 spiro atoms. The topological polar surface area (TPSA) is 54.0 Å². The summed E-state index contributed by atoms with van der Waals surface area (Å²) in [6, 6.07) is 7.74. The van der Waals surface area contributed by atoms with Gasteiger partial charge in [-0.1, -0.05) is 19.4 Å². The molecule has 0 aliphatic carbocycles. The minimum absolute atomic E-state index is 0.0668. The molecule has 0 aliphatic heterocycles. The van der Waals surface area contributed by atoms with E-state index in [2.05, 4.69) is 28.6 Å². The second kappa shape index (κ2) is 7.78. The van der Waals surface area contributed by atoms with Crippen molar-refractivity contribution in [3.05, 3.63) is 46.3 Å². The van der Waals surface area contributed by atoms with Gasteiger partial charge < -0.3 is 10.6 Å². The van der Waals surface area contributed by atoms with E-state index >= 15 is 0 Å². The molecule has 1 unspecified atom stereocenters. The van der Waals surface area contributed by atoms with Gasteiger partial charge in [-0.25, -0.2) is 4.98 Å². The molecule has 0 saturated carbocycles. The summed E-state index contributed by atoms with van der Waals surface area (Å²) in [5.41, 5.74) is 0.594. The monoisotopic (exact) mass is 303 g/mol. The zero-order chi connectivity index (χ0) is 15.1. The molecule has 0 radical (unpaired) electrons. The van der Waals surface area contributed by atoms with Crippen molar-refractivity contribution in [3.8, 4) is 0 Å². The summed E-state index contributed by atoms with van der Waals surface area (Å²) in [6.07, 6.45) is 3.65. The van der Waals surface area contributed by atoms with Crippen molar-refractivity contribution >= 4 is 23.1 Å². The second-order valence-electron chi connectivity index (χ2n) is 4.76. The number of hydrogen-bond acceptors (Lipinski definition) is 4. The maximum absolute atomic E-state index is 12.5. The van der Waals surface area contributed by atoms with E-state index in [0.717, 1.165) is 19.4 Å². The number of nitrogens with one attached hydrogen (secondary N) is 2. The third-order valence-electron chi connectivity index (χ3n) is 3.17. The molecule has 2 rings (SSSR count). The van der Waals surface area contributed by atoms with Crippen LogP contribution in [0.4, 0.5) is 5.82 Å². The van der Waals surface area contributed by atoms with Gasteiger partial charge in [0.2, 0.25) is 0 Å². The third-order valence-corrected chi connectivity index (χ3v) is 4.15. The molecule has 0 bridgehead atoms. The quantitative estimate of drug-likeness (QED) is 0.817. The summed E-state index contributed by atoms with van der Waals surface area (Å²) >= 11 is 1.68. The number of carbonyl (C=O) groups is 1. The Hall–Kier alpha value is -1.88. The fourth-order valence-electron chi connectivity index (χ4n) is 2.20. The van der Waals surface area contributed by atoms with Crippen LogP contribution < -0.4 is 10.6 Å². The normalized spacial score (nSPS) is 11.9. The molecule has 5 heteroatoms. The van der Waals surface area contributed by atoms with Crippen LogP contribution >= 0.6 is 11.3 Å². The van der Waals surface area contributed by atoms with Crippen molar-refractivity contribution in [2.24, 2.45) is 0 Å². The zero-order valence-electron chi connectivity index (χ0n) is 12.4. The Morgan fingerprint density at radius 1 is 1.33 bits per heavy atom. The third kappa shape index (κ3) is 4.04. The van der Waals surface area contributed by atoms with Gasteiger partial charge in [0.15, 0.2) is 0 Å². The Balaban J connectivity index is 2.15. The summed E-state index contributed by atoms with van der Waals surface area (Å²) in [5, 5.41) is 8.29. The number of rotatable bonds is 7. The van der Waals surface area contributed by atoms with Crippen LogP contribution in [0, 0.1) is 0 Å².